The van der Waals surface area contributed by atoms with E-state index >= 15 is 0 Å². The average Bonchev–Trinajstić information content (AvgIpc) is 3.53. The average molecular weight is 483 g/mol. The predicted octanol–water partition coefficient (Wildman–Crippen LogP) is 4.96. The van der Waals surface area contributed by atoms with E-state index in [4.69, 9.17) is 4.42 Å². The summed E-state index contributed by atoms with van der Waals surface area (Å²) in [6.45, 7) is 9.18. The number of aryl methyl sites for hydroxylation is 1. The first-order chi connectivity index (χ1) is 17.3. The van der Waals surface area contributed by atoms with Gasteiger partial charge >= 0.3 is 0 Å². The van der Waals surface area contributed by atoms with Crippen molar-refractivity contribution in [3.8, 4) is 0 Å². The van der Waals surface area contributed by atoms with Crippen LogP contribution in [-0.2, 0) is 18.6 Å². The van der Waals surface area contributed by atoms with Gasteiger partial charge in [-0.2, -0.15) is 0 Å². The lowest BCUT2D eigenvalue weighted by molar-refractivity contribution is 0.171. The molecule has 2 aromatic carbocycles. The molecule has 5 aromatic rings. The van der Waals surface area contributed by atoms with E-state index in [0.717, 1.165) is 27.8 Å². The number of H-pyrrole nitrogens is 1. The topological polar surface area (TPSA) is 92.8 Å². The normalized spacial score (nSPS) is 12.9. The Kier molecular flexibility index (Phi) is 6.28. The molecule has 0 unspecified atom stereocenters. The second-order valence-corrected chi connectivity index (χ2v) is 10.1. The van der Waals surface area contributed by atoms with Crippen molar-refractivity contribution in [2.75, 3.05) is 0 Å². The van der Waals surface area contributed by atoms with Crippen LogP contribution in [0.1, 0.15) is 55.1 Å². The second-order valence-electron chi connectivity index (χ2n) is 10.1. The maximum absolute atomic E-state index is 13.6. The number of nitrogens with one attached hydrogen (secondary N) is 1. The number of tetrazole rings is 1. The Morgan fingerprint density at radius 2 is 1.83 bits per heavy atom. The number of rotatable bonds is 7. The summed E-state index contributed by atoms with van der Waals surface area (Å²) in [7, 11) is 0. The molecule has 0 aliphatic carbocycles. The van der Waals surface area contributed by atoms with E-state index in [2.05, 4.69) is 37.5 Å². The van der Waals surface area contributed by atoms with Crippen LogP contribution in [0.3, 0.4) is 0 Å². The molecule has 36 heavy (non-hydrogen) atoms. The minimum atomic E-state index is -0.529. The van der Waals surface area contributed by atoms with Crippen molar-refractivity contribution < 1.29 is 4.42 Å². The second kappa shape index (κ2) is 9.54. The zero-order chi connectivity index (χ0) is 25.3. The summed E-state index contributed by atoms with van der Waals surface area (Å²) in [5, 5.41) is 13.8. The van der Waals surface area contributed by atoms with Gasteiger partial charge < -0.3 is 9.40 Å². The third-order valence-corrected chi connectivity index (χ3v) is 6.23. The summed E-state index contributed by atoms with van der Waals surface area (Å²) in [6, 6.07) is 21.5. The highest BCUT2D eigenvalue weighted by Gasteiger charge is 2.34. The Morgan fingerprint density at radius 3 is 2.56 bits per heavy atom. The quantitative estimate of drug-likeness (QED) is 0.352. The third kappa shape index (κ3) is 4.85. The van der Waals surface area contributed by atoms with Crippen LogP contribution in [0.25, 0.3) is 10.9 Å². The van der Waals surface area contributed by atoms with Gasteiger partial charge in [-0.1, -0.05) is 42.5 Å². The van der Waals surface area contributed by atoms with Crippen LogP contribution in [-0.4, -0.2) is 30.1 Å². The Morgan fingerprint density at radius 1 is 1.03 bits per heavy atom. The summed E-state index contributed by atoms with van der Waals surface area (Å²) in [6.07, 6.45) is 1.66. The fourth-order valence-electron chi connectivity index (χ4n) is 4.54. The molecule has 8 nitrogen and oxygen atoms in total. The number of furan rings is 1. The van der Waals surface area contributed by atoms with Gasteiger partial charge in [0.1, 0.15) is 11.8 Å². The Labute approximate surface area is 209 Å². The van der Waals surface area contributed by atoms with Crippen LogP contribution in [0.15, 0.2) is 82.2 Å². The van der Waals surface area contributed by atoms with E-state index in [-0.39, 0.29) is 11.1 Å². The van der Waals surface area contributed by atoms with Gasteiger partial charge in [-0.3, -0.25) is 9.69 Å². The molecule has 1 atom stereocenters. The van der Waals surface area contributed by atoms with Crippen LogP contribution in [0, 0.1) is 6.92 Å². The zero-order valence-electron chi connectivity index (χ0n) is 21.0. The molecule has 0 radical (unpaired) electrons. The molecule has 0 fully saturated rings. The highest BCUT2D eigenvalue weighted by Crippen LogP contribution is 2.32. The van der Waals surface area contributed by atoms with E-state index in [1.165, 1.54) is 0 Å². The Balaban J connectivity index is 1.72. The van der Waals surface area contributed by atoms with Gasteiger partial charge in [0.2, 0.25) is 0 Å². The van der Waals surface area contributed by atoms with E-state index < -0.39 is 6.04 Å². The summed E-state index contributed by atoms with van der Waals surface area (Å²) in [5.74, 6) is 1.39. The molecule has 1 N–H and O–H groups in total. The molecule has 0 saturated heterocycles. The van der Waals surface area contributed by atoms with Crippen molar-refractivity contribution >= 4 is 10.9 Å². The summed E-state index contributed by atoms with van der Waals surface area (Å²) in [5.41, 5.74) is 3.02. The highest BCUT2D eigenvalue weighted by atomic mass is 16.3. The minimum Gasteiger partial charge on any atom is -0.468 e. The molecule has 3 heterocycles. The van der Waals surface area contributed by atoms with Crippen molar-refractivity contribution in [1.82, 2.24) is 30.1 Å². The zero-order valence-corrected chi connectivity index (χ0v) is 21.0. The standard InChI is InChI=1S/C28H30N6O2/c1-19-12-13-21-16-23(27(35)29-24(21)15-19)25(26-30-31-32-34(26)28(2,3)4)33(18-22-11-8-14-36-22)17-20-9-6-5-7-10-20/h5-16,25H,17-18H2,1-4H3,(H,29,35)/t25-/m0/s1. The van der Waals surface area contributed by atoms with Gasteiger partial charge in [0.25, 0.3) is 5.56 Å². The molecule has 5 rings (SSSR count). The Hall–Kier alpha value is -4.04. The van der Waals surface area contributed by atoms with E-state index in [1.54, 1.807) is 10.9 Å². The lowest BCUT2D eigenvalue weighted by atomic mass is 10.0. The van der Waals surface area contributed by atoms with Gasteiger partial charge in [-0.25, -0.2) is 4.68 Å². The summed E-state index contributed by atoms with van der Waals surface area (Å²) in [4.78, 5) is 18.9. The predicted molar refractivity (Wildman–Crippen MR) is 138 cm³/mol. The van der Waals surface area contributed by atoms with Crippen molar-refractivity contribution in [3.05, 3.63) is 112 Å². The smallest absolute Gasteiger partial charge is 0.253 e. The van der Waals surface area contributed by atoms with Gasteiger partial charge in [-0.15, -0.1) is 5.10 Å². The van der Waals surface area contributed by atoms with Gasteiger partial charge in [0, 0.05) is 17.6 Å². The van der Waals surface area contributed by atoms with Gasteiger partial charge in [0.05, 0.1) is 18.3 Å². The molecule has 0 bridgehead atoms. The maximum atomic E-state index is 13.6. The van der Waals surface area contributed by atoms with Crippen LogP contribution >= 0.6 is 0 Å². The molecule has 8 heteroatoms. The van der Waals surface area contributed by atoms with E-state index in [9.17, 15) is 4.79 Å². The maximum Gasteiger partial charge on any atom is 0.253 e. The monoisotopic (exact) mass is 482 g/mol. The van der Waals surface area contributed by atoms with Crippen molar-refractivity contribution in [2.45, 2.75) is 52.4 Å². The number of nitrogens with zero attached hydrogens (tertiary/aromatic N) is 5. The van der Waals surface area contributed by atoms with E-state index in [0.29, 0.717) is 24.5 Å². The first-order valence-corrected chi connectivity index (χ1v) is 12.0. The molecule has 0 aliphatic heterocycles. The molecule has 0 aliphatic rings. The van der Waals surface area contributed by atoms with Gasteiger partial charge in [-0.05, 0) is 78.9 Å². The number of pyridine rings is 1. The number of fused-ring (bicyclic) bond motifs is 1. The molecule has 3 aromatic heterocycles. The lowest BCUT2D eigenvalue weighted by Gasteiger charge is -2.32. The molecule has 0 spiro atoms. The number of hydrogen-bond donors (Lipinski definition) is 1. The van der Waals surface area contributed by atoms with Gasteiger partial charge in [0.15, 0.2) is 5.82 Å². The van der Waals surface area contributed by atoms with E-state index in [1.807, 2.05) is 82.3 Å². The SMILES string of the molecule is Cc1ccc2cc([C@@H](c3nnnn3C(C)(C)C)N(Cc3ccccc3)Cc3ccco3)c(=O)[nH]c2c1. The first-order valence-electron chi connectivity index (χ1n) is 12.0. The number of benzene rings is 2. The van der Waals surface area contributed by atoms with Crippen LogP contribution in [0.4, 0.5) is 0 Å². The molecule has 0 amide bonds. The number of aromatic amines is 1. The highest BCUT2D eigenvalue weighted by molar-refractivity contribution is 5.79. The van der Waals surface area contributed by atoms with Crippen molar-refractivity contribution in [2.24, 2.45) is 0 Å². The molecular formula is C28H30N6O2. The third-order valence-electron chi connectivity index (χ3n) is 6.23. The molecule has 184 valence electrons. The first kappa shape index (κ1) is 23.7. The fourth-order valence-corrected chi connectivity index (χ4v) is 4.54. The van der Waals surface area contributed by atoms with Crippen molar-refractivity contribution in [3.63, 3.8) is 0 Å². The molecule has 0 saturated carbocycles. The van der Waals surface area contributed by atoms with Crippen LogP contribution in [0.5, 0.6) is 0 Å². The van der Waals surface area contributed by atoms with Crippen LogP contribution in [0.2, 0.25) is 0 Å². The Bertz CT molecular complexity index is 1510. The number of aromatic nitrogens is 5. The summed E-state index contributed by atoms with van der Waals surface area (Å²) < 4.78 is 7.53. The summed E-state index contributed by atoms with van der Waals surface area (Å²) >= 11 is 0. The lowest BCUT2D eigenvalue weighted by Crippen LogP contribution is -2.37. The largest absolute Gasteiger partial charge is 0.468 e. The fraction of sp³-hybridized carbons (Fsp3) is 0.286. The van der Waals surface area contributed by atoms with Crippen molar-refractivity contribution in [1.29, 1.82) is 0 Å². The molecular weight excluding hydrogens is 452 g/mol. The van der Waals surface area contributed by atoms with Crippen LogP contribution < -0.4 is 5.56 Å². The number of hydrogen-bond acceptors (Lipinski definition) is 6. The minimum absolute atomic E-state index is 0.168.